The van der Waals surface area contributed by atoms with Gasteiger partial charge in [0.15, 0.2) is 5.69 Å². The van der Waals surface area contributed by atoms with E-state index in [9.17, 15) is 18.0 Å². The Morgan fingerprint density at radius 3 is 2.59 bits per heavy atom. The molecular formula is C8H11F3N4O2. The number of amides is 1. The molecule has 0 aliphatic heterocycles. The SMILES string of the molecule is COC(C)c1c(C(N)=O)nnn1CC(F)(F)F. The van der Waals surface area contributed by atoms with Crippen molar-refractivity contribution in [2.75, 3.05) is 7.11 Å². The Kier molecular flexibility index (Phi) is 3.71. The summed E-state index contributed by atoms with van der Waals surface area (Å²) in [5, 5.41) is 6.58. The number of alkyl halides is 3. The highest BCUT2D eigenvalue weighted by molar-refractivity contribution is 5.91. The van der Waals surface area contributed by atoms with Crippen molar-refractivity contribution in [3.8, 4) is 0 Å². The first-order chi connectivity index (χ1) is 7.76. The molecule has 0 spiro atoms. The summed E-state index contributed by atoms with van der Waals surface area (Å²) in [5.74, 6) is -0.947. The molecule has 0 radical (unpaired) electrons. The Morgan fingerprint density at radius 2 is 2.18 bits per heavy atom. The average molecular weight is 252 g/mol. The van der Waals surface area contributed by atoms with Crippen LogP contribution in [0.15, 0.2) is 0 Å². The highest BCUT2D eigenvalue weighted by Crippen LogP contribution is 2.23. The van der Waals surface area contributed by atoms with E-state index in [0.29, 0.717) is 4.68 Å². The number of carbonyl (C=O) groups is 1. The number of methoxy groups -OCH3 is 1. The highest BCUT2D eigenvalue weighted by atomic mass is 19.4. The van der Waals surface area contributed by atoms with Crippen LogP contribution in [0.3, 0.4) is 0 Å². The lowest BCUT2D eigenvalue weighted by Gasteiger charge is -2.14. The van der Waals surface area contributed by atoms with E-state index in [1.807, 2.05) is 0 Å². The second-order valence-corrected chi connectivity index (χ2v) is 3.34. The van der Waals surface area contributed by atoms with Crippen LogP contribution in [-0.4, -0.2) is 34.2 Å². The third-order valence-electron chi connectivity index (χ3n) is 2.07. The second-order valence-electron chi connectivity index (χ2n) is 3.34. The molecule has 1 amide bonds. The Morgan fingerprint density at radius 1 is 1.59 bits per heavy atom. The van der Waals surface area contributed by atoms with Crippen LogP contribution in [0.5, 0.6) is 0 Å². The standard InChI is InChI=1S/C8H11F3N4O2/c1-4(17-2)6-5(7(12)16)13-14-15(6)3-8(9,10)11/h4H,3H2,1-2H3,(H2,12,16). The molecule has 1 atom stereocenters. The molecule has 0 aliphatic carbocycles. The third kappa shape index (κ3) is 3.16. The van der Waals surface area contributed by atoms with E-state index in [1.54, 1.807) is 0 Å². The number of hydrogen-bond acceptors (Lipinski definition) is 4. The average Bonchev–Trinajstić information content (AvgIpc) is 2.57. The molecule has 1 rings (SSSR count). The molecule has 2 N–H and O–H groups in total. The predicted octanol–water partition coefficient (Wildman–Crippen LogP) is 0.647. The van der Waals surface area contributed by atoms with E-state index < -0.39 is 24.7 Å². The fourth-order valence-electron chi connectivity index (χ4n) is 1.30. The number of ether oxygens (including phenoxy) is 1. The molecule has 9 heteroatoms. The van der Waals surface area contributed by atoms with Gasteiger partial charge in [-0.15, -0.1) is 5.10 Å². The van der Waals surface area contributed by atoms with Crippen molar-refractivity contribution in [2.24, 2.45) is 5.73 Å². The van der Waals surface area contributed by atoms with Gasteiger partial charge in [-0.1, -0.05) is 5.21 Å². The lowest BCUT2D eigenvalue weighted by atomic mass is 10.2. The normalized spacial score (nSPS) is 13.7. The van der Waals surface area contributed by atoms with Gasteiger partial charge in [-0.05, 0) is 6.92 Å². The van der Waals surface area contributed by atoms with E-state index in [2.05, 4.69) is 10.3 Å². The Balaban J connectivity index is 3.18. The summed E-state index contributed by atoms with van der Waals surface area (Å²) in [7, 11) is 1.29. The quantitative estimate of drug-likeness (QED) is 0.852. The Labute approximate surface area is 94.5 Å². The molecule has 0 aliphatic rings. The van der Waals surface area contributed by atoms with E-state index >= 15 is 0 Å². The largest absolute Gasteiger partial charge is 0.408 e. The minimum absolute atomic E-state index is 0.0858. The van der Waals surface area contributed by atoms with Crippen LogP contribution in [0.25, 0.3) is 0 Å². The van der Waals surface area contributed by atoms with Crippen LogP contribution >= 0.6 is 0 Å². The molecule has 0 fully saturated rings. The summed E-state index contributed by atoms with van der Waals surface area (Å²) in [6.07, 6.45) is -5.24. The smallest absolute Gasteiger partial charge is 0.375 e. The lowest BCUT2D eigenvalue weighted by Crippen LogP contribution is -2.23. The molecule has 0 bridgehead atoms. The molecule has 1 aromatic heterocycles. The number of aromatic nitrogens is 3. The number of carbonyl (C=O) groups excluding carboxylic acids is 1. The van der Waals surface area contributed by atoms with Crippen molar-refractivity contribution in [1.29, 1.82) is 0 Å². The molecule has 17 heavy (non-hydrogen) atoms. The number of nitrogens with zero attached hydrogens (tertiary/aromatic N) is 3. The third-order valence-corrected chi connectivity index (χ3v) is 2.07. The van der Waals surface area contributed by atoms with Gasteiger partial charge in [0.05, 0.1) is 6.10 Å². The maximum Gasteiger partial charge on any atom is 0.408 e. The zero-order valence-electron chi connectivity index (χ0n) is 9.15. The molecule has 1 unspecified atom stereocenters. The van der Waals surface area contributed by atoms with Gasteiger partial charge < -0.3 is 10.5 Å². The topological polar surface area (TPSA) is 83.0 Å². The van der Waals surface area contributed by atoms with Crippen LogP contribution in [0.4, 0.5) is 13.2 Å². The molecule has 1 aromatic rings. The number of primary amides is 1. The maximum atomic E-state index is 12.3. The van der Waals surface area contributed by atoms with Gasteiger partial charge in [-0.3, -0.25) is 4.79 Å². The molecule has 0 saturated carbocycles. The number of nitrogens with two attached hydrogens (primary N) is 1. The second kappa shape index (κ2) is 4.70. The van der Waals surface area contributed by atoms with Crippen LogP contribution in [0, 0.1) is 0 Å². The van der Waals surface area contributed by atoms with Crippen molar-refractivity contribution in [2.45, 2.75) is 25.7 Å². The first-order valence-corrected chi connectivity index (χ1v) is 4.59. The summed E-state index contributed by atoms with van der Waals surface area (Å²) in [6.45, 7) is 0.119. The molecule has 0 aromatic carbocycles. The van der Waals surface area contributed by atoms with Crippen LogP contribution in [0.1, 0.15) is 29.2 Å². The lowest BCUT2D eigenvalue weighted by molar-refractivity contribution is -0.143. The van der Waals surface area contributed by atoms with Crippen molar-refractivity contribution in [3.63, 3.8) is 0 Å². The summed E-state index contributed by atoms with van der Waals surface area (Å²) in [5.41, 5.74) is 4.59. The number of halogens is 3. The van der Waals surface area contributed by atoms with E-state index in [1.165, 1.54) is 14.0 Å². The summed E-state index contributed by atoms with van der Waals surface area (Å²) < 4.78 is 42.2. The summed E-state index contributed by atoms with van der Waals surface area (Å²) in [4.78, 5) is 11.0. The Bertz CT molecular complexity index is 415. The van der Waals surface area contributed by atoms with Crippen LogP contribution < -0.4 is 5.73 Å². The fraction of sp³-hybridized carbons (Fsp3) is 0.625. The molecule has 96 valence electrons. The Hall–Kier alpha value is -1.64. The first-order valence-electron chi connectivity index (χ1n) is 4.59. The highest BCUT2D eigenvalue weighted by Gasteiger charge is 2.32. The van der Waals surface area contributed by atoms with Gasteiger partial charge in [0, 0.05) is 7.11 Å². The van der Waals surface area contributed by atoms with Gasteiger partial charge in [0.1, 0.15) is 12.2 Å². The minimum atomic E-state index is -4.47. The molecular weight excluding hydrogens is 241 g/mol. The van der Waals surface area contributed by atoms with E-state index in [4.69, 9.17) is 10.5 Å². The van der Waals surface area contributed by atoms with Crippen molar-refractivity contribution in [3.05, 3.63) is 11.4 Å². The first kappa shape index (κ1) is 13.4. The van der Waals surface area contributed by atoms with E-state index in [0.717, 1.165) is 0 Å². The van der Waals surface area contributed by atoms with Crippen molar-refractivity contribution in [1.82, 2.24) is 15.0 Å². The van der Waals surface area contributed by atoms with Crippen molar-refractivity contribution < 1.29 is 22.7 Å². The monoisotopic (exact) mass is 252 g/mol. The molecule has 0 saturated heterocycles. The fourth-order valence-corrected chi connectivity index (χ4v) is 1.30. The van der Waals surface area contributed by atoms with Gasteiger partial charge in [-0.25, -0.2) is 4.68 Å². The van der Waals surface area contributed by atoms with Gasteiger partial charge in [0.2, 0.25) is 0 Å². The predicted molar refractivity (Wildman–Crippen MR) is 50.0 cm³/mol. The van der Waals surface area contributed by atoms with Gasteiger partial charge >= 0.3 is 6.18 Å². The maximum absolute atomic E-state index is 12.3. The zero-order valence-corrected chi connectivity index (χ0v) is 9.15. The molecule has 1 heterocycles. The van der Waals surface area contributed by atoms with E-state index in [-0.39, 0.29) is 11.4 Å². The van der Waals surface area contributed by atoms with Crippen LogP contribution in [0.2, 0.25) is 0 Å². The number of rotatable bonds is 4. The summed E-state index contributed by atoms with van der Waals surface area (Å²) in [6, 6.07) is 0. The minimum Gasteiger partial charge on any atom is -0.375 e. The van der Waals surface area contributed by atoms with Gasteiger partial charge in [0.25, 0.3) is 5.91 Å². The zero-order chi connectivity index (χ0) is 13.2. The molecule has 6 nitrogen and oxygen atoms in total. The van der Waals surface area contributed by atoms with Crippen molar-refractivity contribution >= 4 is 5.91 Å². The number of hydrogen-bond donors (Lipinski definition) is 1. The van der Waals surface area contributed by atoms with Gasteiger partial charge in [-0.2, -0.15) is 13.2 Å². The summed E-state index contributed by atoms with van der Waals surface area (Å²) >= 11 is 0. The van der Waals surface area contributed by atoms with Crippen LogP contribution in [-0.2, 0) is 11.3 Å².